The number of amides is 1. The third kappa shape index (κ3) is 2.55. The lowest BCUT2D eigenvalue weighted by Crippen LogP contribution is -2.60. The van der Waals surface area contributed by atoms with Crippen molar-refractivity contribution in [2.75, 3.05) is 0 Å². The third-order valence-electron chi connectivity index (χ3n) is 6.87. The van der Waals surface area contributed by atoms with Crippen molar-refractivity contribution in [3.63, 3.8) is 0 Å². The second kappa shape index (κ2) is 5.24. The molecule has 5 saturated carbocycles. The molecule has 2 N–H and O–H groups in total. The Hall–Kier alpha value is -1.06. The molecule has 122 valence electrons. The maximum atomic E-state index is 12.7. The number of carbonyl (C=O) groups excluding carboxylic acids is 1. The third-order valence-corrected chi connectivity index (χ3v) is 6.87. The normalized spacial score (nSPS) is 46.5. The highest BCUT2D eigenvalue weighted by molar-refractivity contribution is 5.80. The first-order chi connectivity index (χ1) is 10.5. The molecule has 0 aromatic carbocycles. The summed E-state index contributed by atoms with van der Waals surface area (Å²) < 4.78 is 0. The Labute approximate surface area is 132 Å². The van der Waals surface area contributed by atoms with Crippen LogP contribution in [0.4, 0.5) is 0 Å². The van der Waals surface area contributed by atoms with Gasteiger partial charge in [-0.1, -0.05) is 0 Å². The van der Waals surface area contributed by atoms with E-state index in [2.05, 4.69) is 5.32 Å². The van der Waals surface area contributed by atoms with E-state index in [1.165, 1.54) is 38.5 Å². The molecule has 4 nitrogen and oxygen atoms in total. The highest BCUT2D eigenvalue weighted by atomic mass is 16.4. The van der Waals surface area contributed by atoms with Gasteiger partial charge in [0.15, 0.2) is 0 Å². The van der Waals surface area contributed by atoms with Gasteiger partial charge in [0.2, 0.25) is 5.91 Å². The molecule has 0 aliphatic heterocycles. The van der Waals surface area contributed by atoms with E-state index in [0.717, 1.165) is 30.6 Å². The molecule has 5 aliphatic rings. The van der Waals surface area contributed by atoms with Crippen LogP contribution in [0.3, 0.4) is 0 Å². The van der Waals surface area contributed by atoms with Crippen LogP contribution in [-0.4, -0.2) is 22.5 Å². The quantitative estimate of drug-likeness (QED) is 0.842. The Kier molecular flexibility index (Phi) is 3.46. The zero-order valence-corrected chi connectivity index (χ0v) is 13.2. The fourth-order valence-electron chi connectivity index (χ4n) is 6.23. The van der Waals surface area contributed by atoms with Crippen LogP contribution >= 0.6 is 0 Å². The lowest BCUT2D eigenvalue weighted by atomic mass is 9.53. The summed E-state index contributed by atoms with van der Waals surface area (Å²) >= 11 is 0. The number of carboxylic acid groups (broad SMARTS) is 1. The molecule has 4 bridgehead atoms. The number of nitrogens with one attached hydrogen (secondary N) is 1. The summed E-state index contributed by atoms with van der Waals surface area (Å²) in [5, 5.41) is 12.5. The molecule has 0 spiro atoms. The number of carboxylic acids is 1. The van der Waals surface area contributed by atoms with Crippen LogP contribution in [0.1, 0.15) is 64.2 Å². The van der Waals surface area contributed by atoms with Gasteiger partial charge < -0.3 is 10.4 Å². The van der Waals surface area contributed by atoms with Gasteiger partial charge in [0.1, 0.15) is 0 Å². The first kappa shape index (κ1) is 14.5. The van der Waals surface area contributed by atoms with Gasteiger partial charge in [-0.3, -0.25) is 9.59 Å². The molecule has 5 fully saturated rings. The van der Waals surface area contributed by atoms with Crippen molar-refractivity contribution in [1.82, 2.24) is 5.32 Å². The minimum Gasteiger partial charge on any atom is -0.481 e. The van der Waals surface area contributed by atoms with E-state index in [1.807, 2.05) is 0 Å². The summed E-state index contributed by atoms with van der Waals surface area (Å²) in [5.74, 6) is 1.86. The van der Waals surface area contributed by atoms with Gasteiger partial charge in [-0.2, -0.15) is 0 Å². The van der Waals surface area contributed by atoms with Gasteiger partial charge in [-0.15, -0.1) is 0 Å². The smallest absolute Gasteiger partial charge is 0.306 e. The minimum absolute atomic E-state index is 0.0450. The van der Waals surface area contributed by atoms with E-state index < -0.39 is 5.97 Å². The highest BCUT2D eigenvalue weighted by Gasteiger charge is 2.51. The van der Waals surface area contributed by atoms with Crippen LogP contribution in [0.5, 0.6) is 0 Å². The molecule has 22 heavy (non-hydrogen) atoms. The van der Waals surface area contributed by atoms with E-state index in [-0.39, 0.29) is 23.3 Å². The molecule has 0 unspecified atom stereocenters. The second-order valence-electron chi connectivity index (χ2n) is 8.57. The van der Waals surface area contributed by atoms with Crippen LogP contribution in [-0.2, 0) is 9.59 Å². The highest BCUT2D eigenvalue weighted by Crippen LogP contribution is 2.55. The average Bonchev–Trinajstić information content (AvgIpc) is 2.45. The maximum absolute atomic E-state index is 12.7. The van der Waals surface area contributed by atoms with Gasteiger partial charge in [-0.25, -0.2) is 0 Å². The maximum Gasteiger partial charge on any atom is 0.306 e. The topological polar surface area (TPSA) is 66.4 Å². The molecule has 5 aliphatic carbocycles. The molecular formula is C18H27NO3. The van der Waals surface area contributed by atoms with Crippen LogP contribution in [0.15, 0.2) is 0 Å². The van der Waals surface area contributed by atoms with Crippen molar-refractivity contribution in [2.45, 2.75) is 69.7 Å². The second-order valence-corrected chi connectivity index (χ2v) is 8.57. The molecule has 0 heterocycles. The predicted octanol–water partition coefficient (Wildman–Crippen LogP) is 2.96. The van der Waals surface area contributed by atoms with E-state index in [4.69, 9.17) is 5.11 Å². The van der Waals surface area contributed by atoms with Gasteiger partial charge in [0.05, 0.1) is 5.92 Å². The summed E-state index contributed by atoms with van der Waals surface area (Å²) in [6.07, 6.45) is 10.5. The average molecular weight is 305 g/mol. The van der Waals surface area contributed by atoms with Gasteiger partial charge in [0.25, 0.3) is 0 Å². The Morgan fingerprint density at radius 3 is 1.73 bits per heavy atom. The first-order valence-corrected chi connectivity index (χ1v) is 9.08. The fraction of sp³-hybridized carbons (Fsp3) is 0.889. The minimum atomic E-state index is -0.694. The van der Waals surface area contributed by atoms with Crippen molar-refractivity contribution in [3.05, 3.63) is 0 Å². The van der Waals surface area contributed by atoms with Gasteiger partial charge in [-0.05, 0) is 82.0 Å². The molecule has 0 atom stereocenters. The molecule has 0 radical (unpaired) electrons. The first-order valence-electron chi connectivity index (χ1n) is 9.08. The predicted molar refractivity (Wildman–Crippen MR) is 82.1 cm³/mol. The monoisotopic (exact) mass is 305 g/mol. The van der Waals surface area contributed by atoms with Crippen molar-refractivity contribution < 1.29 is 14.7 Å². The molecule has 0 aromatic rings. The SMILES string of the molecule is O=C(O)C1CCC(C(=O)NC23CC4CC(CC(C4)C2)C3)CC1. The summed E-state index contributed by atoms with van der Waals surface area (Å²) in [7, 11) is 0. The molecule has 0 aromatic heterocycles. The van der Waals surface area contributed by atoms with E-state index in [0.29, 0.717) is 12.8 Å². The number of hydrogen-bond donors (Lipinski definition) is 2. The molecule has 4 heteroatoms. The summed E-state index contributed by atoms with van der Waals surface area (Å²) in [6.45, 7) is 0. The fourth-order valence-corrected chi connectivity index (χ4v) is 6.23. The molecule has 0 saturated heterocycles. The van der Waals surface area contributed by atoms with Crippen LogP contribution < -0.4 is 5.32 Å². The largest absolute Gasteiger partial charge is 0.481 e. The van der Waals surface area contributed by atoms with E-state index in [9.17, 15) is 9.59 Å². The molecular weight excluding hydrogens is 278 g/mol. The molecule has 1 amide bonds. The number of hydrogen-bond acceptors (Lipinski definition) is 2. The Morgan fingerprint density at radius 2 is 1.27 bits per heavy atom. The van der Waals surface area contributed by atoms with E-state index in [1.54, 1.807) is 0 Å². The zero-order valence-electron chi connectivity index (χ0n) is 13.2. The summed E-state index contributed by atoms with van der Waals surface area (Å²) in [6, 6.07) is 0. The van der Waals surface area contributed by atoms with Crippen molar-refractivity contribution in [2.24, 2.45) is 29.6 Å². The lowest BCUT2D eigenvalue weighted by molar-refractivity contribution is -0.144. The Bertz CT molecular complexity index is 443. The summed E-state index contributed by atoms with van der Waals surface area (Å²) in [4.78, 5) is 23.7. The molecule has 5 rings (SSSR count). The van der Waals surface area contributed by atoms with Crippen LogP contribution in [0.2, 0.25) is 0 Å². The van der Waals surface area contributed by atoms with Crippen molar-refractivity contribution in [1.29, 1.82) is 0 Å². The van der Waals surface area contributed by atoms with Crippen molar-refractivity contribution >= 4 is 11.9 Å². The van der Waals surface area contributed by atoms with E-state index >= 15 is 0 Å². The zero-order chi connectivity index (χ0) is 15.3. The standard InChI is InChI=1S/C18H27NO3/c20-16(14-1-3-15(4-2-14)17(21)22)19-18-8-11-5-12(9-18)7-13(6-11)10-18/h11-15H,1-10H2,(H,19,20)(H,21,22). The van der Waals surface area contributed by atoms with Crippen LogP contribution in [0, 0.1) is 29.6 Å². The summed E-state index contributed by atoms with van der Waals surface area (Å²) in [5.41, 5.74) is 0.0927. The number of rotatable bonds is 3. The van der Waals surface area contributed by atoms with Crippen molar-refractivity contribution in [3.8, 4) is 0 Å². The van der Waals surface area contributed by atoms with Gasteiger partial charge in [0, 0.05) is 11.5 Å². The van der Waals surface area contributed by atoms with Gasteiger partial charge >= 0.3 is 5.97 Å². The van der Waals surface area contributed by atoms with Crippen LogP contribution in [0.25, 0.3) is 0 Å². The number of carbonyl (C=O) groups is 2. The Morgan fingerprint density at radius 1 is 0.818 bits per heavy atom. The lowest BCUT2D eigenvalue weighted by Gasteiger charge is -2.57. The Balaban J connectivity index is 1.37. The number of aliphatic carboxylic acids is 1.